The summed E-state index contributed by atoms with van der Waals surface area (Å²) in [7, 11) is 0. The highest BCUT2D eigenvalue weighted by Crippen LogP contribution is 2.33. The molecule has 1 saturated heterocycles. The summed E-state index contributed by atoms with van der Waals surface area (Å²) in [5.74, 6) is -0.270. The smallest absolute Gasteiger partial charge is 0.244 e. The van der Waals surface area contributed by atoms with Gasteiger partial charge in [0.25, 0.3) is 0 Å². The van der Waals surface area contributed by atoms with Crippen molar-refractivity contribution in [2.75, 3.05) is 23.6 Å². The van der Waals surface area contributed by atoms with Crippen LogP contribution < -0.4 is 10.2 Å². The number of nitrogens with one attached hydrogen (secondary N) is 1. The highest BCUT2D eigenvalue weighted by molar-refractivity contribution is 8.15. The van der Waals surface area contributed by atoms with Crippen molar-refractivity contribution < 1.29 is 9.59 Å². The Morgan fingerprint density at radius 3 is 2.81 bits per heavy atom. The maximum Gasteiger partial charge on any atom is 0.244 e. The van der Waals surface area contributed by atoms with Crippen molar-refractivity contribution in [2.24, 2.45) is 4.99 Å². The first-order valence-corrected chi connectivity index (χ1v) is 9.74. The summed E-state index contributed by atoms with van der Waals surface area (Å²) < 4.78 is 0. The second kappa shape index (κ2) is 7.62. The molecule has 0 aliphatic carbocycles. The SMILES string of the molecule is O=C(C[C@@H]1SC2=NCN(c3cccc(Cl)c3)CN2C1=O)Nc1ccccc1. The minimum absolute atomic E-state index is 0.0892. The molecule has 6 nitrogen and oxygen atoms in total. The molecule has 0 aromatic heterocycles. The van der Waals surface area contributed by atoms with Gasteiger partial charge in [-0.3, -0.25) is 14.5 Å². The number of amides is 2. The third kappa shape index (κ3) is 3.94. The van der Waals surface area contributed by atoms with Crippen LogP contribution in [0.4, 0.5) is 11.4 Å². The standard InChI is InChI=1S/C19H17ClN4O2S/c20-13-5-4-8-15(9-13)23-11-21-19-24(12-23)18(26)16(27-19)10-17(25)22-14-6-2-1-3-7-14/h1-9,16H,10-12H2,(H,22,25)/t16-/m0/s1. The number of hydrogen-bond acceptors (Lipinski definition) is 5. The number of thioether (sulfide) groups is 1. The second-order valence-corrected chi connectivity index (χ2v) is 7.84. The van der Waals surface area contributed by atoms with Crippen LogP contribution in [0.25, 0.3) is 0 Å². The number of amidine groups is 1. The van der Waals surface area contributed by atoms with Gasteiger partial charge in [0.2, 0.25) is 11.8 Å². The Hall–Kier alpha value is -2.51. The fraction of sp³-hybridized carbons (Fsp3) is 0.211. The van der Waals surface area contributed by atoms with Crippen molar-refractivity contribution in [1.82, 2.24) is 4.90 Å². The summed E-state index contributed by atoms with van der Waals surface area (Å²) in [6.45, 7) is 0.858. The van der Waals surface area contributed by atoms with Gasteiger partial charge in [-0.05, 0) is 30.3 Å². The zero-order chi connectivity index (χ0) is 18.8. The summed E-state index contributed by atoms with van der Waals surface area (Å²) in [4.78, 5) is 33.2. The fourth-order valence-corrected chi connectivity index (χ4v) is 4.30. The number of carbonyl (C=O) groups excluding carboxylic acids is 2. The number of halogens is 1. The minimum atomic E-state index is -0.452. The Labute approximate surface area is 166 Å². The first kappa shape index (κ1) is 17.9. The summed E-state index contributed by atoms with van der Waals surface area (Å²) >= 11 is 7.41. The number of benzene rings is 2. The molecule has 0 unspecified atom stereocenters. The monoisotopic (exact) mass is 400 g/mol. The lowest BCUT2D eigenvalue weighted by Crippen LogP contribution is -2.46. The number of hydrogen-bond donors (Lipinski definition) is 1. The second-order valence-electron chi connectivity index (χ2n) is 6.23. The van der Waals surface area contributed by atoms with E-state index >= 15 is 0 Å². The van der Waals surface area contributed by atoms with Crippen LogP contribution >= 0.6 is 23.4 Å². The average molecular weight is 401 g/mol. The fourth-order valence-electron chi connectivity index (χ4n) is 2.99. The number of carbonyl (C=O) groups is 2. The van der Waals surface area contributed by atoms with Crippen LogP contribution in [0.15, 0.2) is 59.6 Å². The first-order chi connectivity index (χ1) is 13.1. The molecule has 1 fully saturated rings. The Morgan fingerprint density at radius 1 is 1.22 bits per heavy atom. The Bertz CT molecular complexity index is 906. The van der Waals surface area contributed by atoms with Crippen molar-refractivity contribution in [2.45, 2.75) is 11.7 Å². The van der Waals surface area contributed by atoms with E-state index in [0.29, 0.717) is 23.5 Å². The molecule has 0 radical (unpaired) electrons. The zero-order valence-corrected chi connectivity index (χ0v) is 15.9. The summed E-state index contributed by atoms with van der Waals surface area (Å²) in [5.41, 5.74) is 1.63. The quantitative estimate of drug-likeness (QED) is 0.854. The van der Waals surface area contributed by atoms with E-state index in [9.17, 15) is 9.59 Å². The maximum absolute atomic E-state index is 12.8. The van der Waals surface area contributed by atoms with Gasteiger partial charge >= 0.3 is 0 Å². The normalized spacial score (nSPS) is 18.9. The third-order valence-corrected chi connectivity index (χ3v) is 5.76. The molecule has 2 heterocycles. The van der Waals surface area contributed by atoms with E-state index in [1.54, 1.807) is 4.90 Å². The molecule has 2 aromatic carbocycles. The molecule has 2 aliphatic rings. The van der Waals surface area contributed by atoms with E-state index < -0.39 is 5.25 Å². The molecule has 1 atom stereocenters. The summed E-state index contributed by atoms with van der Waals surface area (Å²) in [6.07, 6.45) is 0.116. The predicted molar refractivity (Wildman–Crippen MR) is 109 cm³/mol. The molecule has 2 aromatic rings. The summed E-state index contributed by atoms with van der Waals surface area (Å²) in [6, 6.07) is 16.7. The van der Waals surface area contributed by atoms with Crippen molar-refractivity contribution in [3.8, 4) is 0 Å². The van der Waals surface area contributed by atoms with Crippen LogP contribution in [0.2, 0.25) is 5.02 Å². The van der Waals surface area contributed by atoms with E-state index in [1.165, 1.54) is 11.8 Å². The molecule has 0 spiro atoms. The average Bonchev–Trinajstić information content (AvgIpc) is 2.97. The van der Waals surface area contributed by atoms with Crippen molar-refractivity contribution in [3.05, 3.63) is 59.6 Å². The Kier molecular flexibility index (Phi) is 5.05. The van der Waals surface area contributed by atoms with Gasteiger partial charge in [0, 0.05) is 22.8 Å². The van der Waals surface area contributed by atoms with Crippen LogP contribution in [-0.2, 0) is 9.59 Å². The van der Waals surface area contributed by atoms with E-state index in [2.05, 4.69) is 10.3 Å². The van der Waals surface area contributed by atoms with E-state index in [1.807, 2.05) is 59.5 Å². The predicted octanol–water partition coefficient (Wildman–Crippen LogP) is 3.40. The number of para-hydroxylation sites is 1. The van der Waals surface area contributed by atoms with Crippen LogP contribution in [0.1, 0.15) is 6.42 Å². The van der Waals surface area contributed by atoms with Crippen LogP contribution in [0.3, 0.4) is 0 Å². The largest absolute Gasteiger partial charge is 0.334 e. The topological polar surface area (TPSA) is 65.0 Å². The first-order valence-electron chi connectivity index (χ1n) is 8.48. The lowest BCUT2D eigenvalue weighted by atomic mass is 10.2. The highest BCUT2D eigenvalue weighted by Gasteiger charge is 2.41. The van der Waals surface area contributed by atoms with Gasteiger partial charge in [-0.1, -0.05) is 47.6 Å². The van der Waals surface area contributed by atoms with Gasteiger partial charge in [-0.25, -0.2) is 4.99 Å². The van der Waals surface area contributed by atoms with Gasteiger partial charge in [-0.2, -0.15) is 0 Å². The number of fused-ring (bicyclic) bond motifs is 1. The number of nitrogens with zero attached hydrogens (tertiary/aromatic N) is 3. The van der Waals surface area contributed by atoms with Crippen LogP contribution in [0, 0.1) is 0 Å². The minimum Gasteiger partial charge on any atom is -0.334 e. The van der Waals surface area contributed by atoms with Gasteiger partial charge in [-0.15, -0.1) is 0 Å². The summed E-state index contributed by atoms with van der Waals surface area (Å²) in [5, 5.41) is 3.69. The zero-order valence-electron chi connectivity index (χ0n) is 14.3. The third-order valence-electron chi connectivity index (χ3n) is 4.31. The highest BCUT2D eigenvalue weighted by atomic mass is 35.5. The van der Waals surface area contributed by atoms with E-state index in [-0.39, 0.29) is 18.2 Å². The van der Waals surface area contributed by atoms with E-state index in [4.69, 9.17) is 11.6 Å². The molecule has 0 saturated carbocycles. The van der Waals surface area contributed by atoms with E-state index in [0.717, 1.165) is 11.4 Å². The number of rotatable bonds is 4. The van der Waals surface area contributed by atoms with Gasteiger partial charge in [0.15, 0.2) is 5.17 Å². The molecule has 138 valence electrons. The van der Waals surface area contributed by atoms with Gasteiger partial charge < -0.3 is 10.2 Å². The van der Waals surface area contributed by atoms with Crippen LogP contribution in [0.5, 0.6) is 0 Å². The van der Waals surface area contributed by atoms with Crippen molar-refractivity contribution in [1.29, 1.82) is 0 Å². The van der Waals surface area contributed by atoms with Crippen molar-refractivity contribution in [3.63, 3.8) is 0 Å². The molecular formula is C19H17ClN4O2S. The molecule has 1 N–H and O–H groups in total. The Morgan fingerprint density at radius 2 is 2.04 bits per heavy atom. The lowest BCUT2D eigenvalue weighted by molar-refractivity contribution is -0.128. The molecule has 8 heteroatoms. The van der Waals surface area contributed by atoms with Crippen molar-refractivity contribution >= 4 is 51.7 Å². The Balaban J connectivity index is 1.41. The maximum atomic E-state index is 12.8. The molecule has 27 heavy (non-hydrogen) atoms. The van der Waals surface area contributed by atoms with Gasteiger partial charge in [0.05, 0.1) is 0 Å². The molecule has 4 rings (SSSR count). The number of anilines is 2. The molecule has 0 bridgehead atoms. The van der Waals surface area contributed by atoms with Gasteiger partial charge in [0.1, 0.15) is 18.6 Å². The number of aliphatic imine (C=N–C) groups is 1. The van der Waals surface area contributed by atoms with Crippen LogP contribution in [-0.4, -0.2) is 40.5 Å². The molecule has 2 aliphatic heterocycles. The lowest BCUT2D eigenvalue weighted by Gasteiger charge is -2.32. The molecule has 2 amide bonds. The molecular weight excluding hydrogens is 384 g/mol.